The maximum atomic E-state index is 6.09. The molecule has 2 heterocycles. The number of rotatable bonds is 4. The predicted octanol–water partition coefficient (Wildman–Crippen LogP) is 2.26. The van der Waals surface area contributed by atoms with E-state index in [0.717, 1.165) is 12.2 Å². The molecule has 1 saturated heterocycles. The van der Waals surface area contributed by atoms with Crippen LogP contribution in [0.25, 0.3) is 0 Å². The largest absolute Gasteiger partial charge is 0.339 e. The molecule has 0 aromatic carbocycles. The first kappa shape index (κ1) is 12.8. The fourth-order valence-corrected chi connectivity index (χ4v) is 4.95. The molecule has 2 fully saturated rings. The summed E-state index contributed by atoms with van der Waals surface area (Å²) < 4.78 is 5.35. The van der Waals surface area contributed by atoms with Gasteiger partial charge in [0.2, 0.25) is 5.89 Å². The number of aromatic nitrogens is 2. The van der Waals surface area contributed by atoms with Crippen LogP contribution >= 0.6 is 23.5 Å². The Labute approximate surface area is 116 Å². The van der Waals surface area contributed by atoms with E-state index in [9.17, 15) is 0 Å². The minimum absolute atomic E-state index is 0.198. The van der Waals surface area contributed by atoms with Crippen molar-refractivity contribution >= 4 is 23.5 Å². The zero-order valence-electron chi connectivity index (χ0n) is 10.5. The normalized spacial score (nSPS) is 30.3. The van der Waals surface area contributed by atoms with Gasteiger partial charge in [-0.3, -0.25) is 0 Å². The molecular formula is C12H19N3OS2. The molecular weight excluding hydrogens is 266 g/mol. The van der Waals surface area contributed by atoms with Gasteiger partial charge in [-0.05, 0) is 18.8 Å². The van der Waals surface area contributed by atoms with Gasteiger partial charge in [-0.15, -0.1) is 11.8 Å². The number of nitrogens with two attached hydrogens (primary N) is 1. The molecule has 1 aliphatic carbocycles. The first-order chi connectivity index (χ1) is 8.74. The van der Waals surface area contributed by atoms with Gasteiger partial charge in [0, 0.05) is 29.2 Å². The van der Waals surface area contributed by atoms with E-state index in [0.29, 0.717) is 22.3 Å². The van der Waals surface area contributed by atoms with E-state index >= 15 is 0 Å². The van der Waals surface area contributed by atoms with Crippen LogP contribution in [-0.4, -0.2) is 32.9 Å². The highest BCUT2D eigenvalue weighted by Crippen LogP contribution is 2.41. The van der Waals surface area contributed by atoms with Crippen LogP contribution in [0.3, 0.4) is 0 Å². The zero-order chi connectivity index (χ0) is 12.5. The standard InChI is InChI=1S/C12H19N3OS2/c1-7-11(18-5-4-17-7)12-14-10(16-15-12)6-9(13)8-2-3-8/h7-9,11H,2-6,13H2,1H3. The zero-order valence-corrected chi connectivity index (χ0v) is 12.2. The summed E-state index contributed by atoms with van der Waals surface area (Å²) in [4.78, 5) is 4.54. The van der Waals surface area contributed by atoms with Crippen LogP contribution in [0.2, 0.25) is 0 Å². The van der Waals surface area contributed by atoms with Crippen LogP contribution < -0.4 is 5.73 Å². The molecule has 6 heteroatoms. The average molecular weight is 285 g/mol. The summed E-state index contributed by atoms with van der Waals surface area (Å²) >= 11 is 3.93. The third kappa shape index (κ3) is 2.86. The Bertz CT molecular complexity index is 408. The fraction of sp³-hybridized carbons (Fsp3) is 0.833. The molecule has 0 amide bonds. The van der Waals surface area contributed by atoms with Gasteiger partial charge < -0.3 is 10.3 Å². The molecule has 4 nitrogen and oxygen atoms in total. The lowest BCUT2D eigenvalue weighted by Crippen LogP contribution is -2.25. The minimum Gasteiger partial charge on any atom is -0.339 e. The summed E-state index contributed by atoms with van der Waals surface area (Å²) in [5, 5.41) is 5.08. The van der Waals surface area contributed by atoms with Crippen molar-refractivity contribution in [2.24, 2.45) is 11.7 Å². The molecule has 18 heavy (non-hydrogen) atoms. The summed E-state index contributed by atoms with van der Waals surface area (Å²) in [5.41, 5.74) is 6.09. The van der Waals surface area contributed by atoms with Gasteiger partial charge in [0.1, 0.15) is 0 Å². The number of thioether (sulfide) groups is 2. The van der Waals surface area contributed by atoms with Crippen molar-refractivity contribution < 1.29 is 4.52 Å². The van der Waals surface area contributed by atoms with Crippen molar-refractivity contribution in [3.63, 3.8) is 0 Å². The third-order valence-electron chi connectivity index (χ3n) is 3.56. The minimum atomic E-state index is 0.198. The molecule has 1 aliphatic heterocycles. The van der Waals surface area contributed by atoms with Gasteiger partial charge >= 0.3 is 0 Å². The number of hydrogen-bond donors (Lipinski definition) is 1. The van der Waals surface area contributed by atoms with Crippen molar-refractivity contribution in [1.29, 1.82) is 0 Å². The Morgan fingerprint density at radius 1 is 1.39 bits per heavy atom. The van der Waals surface area contributed by atoms with Crippen LogP contribution in [0.15, 0.2) is 4.52 Å². The molecule has 3 rings (SSSR count). The molecule has 0 spiro atoms. The Kier molecular flexibility index (Phi) is 3.86. The van der Waals surface area contributed by atoms with Gasteiger partial charge in [-0.25, -0.2) is 0 Å². The molecule has 1 saturated carbocycles. The van der Waals surface area contributed by atoms with E-state index in [1.165, 1.54) is 24.3 Å². The second-order valence-corrected chi connectivity index (χ2v) is 7.85. The molecule has 2 N–H and O–H groups in total. The van der Waals surface area contributed by atoms with Crippen molar-refractivity contribution in [1.82, 2.24) is 10.1 Å². The van der Waals surface area contributed by atoms with Gasteiger partial charge in [0.15, 0.2) is 5.82 Å². The van der Waals surface area contributed by atoms with Crippen molar-refractivity contribution in [3.05, 3.63) is 11.7 Å². The van der Waals surface area contributed by atoms with Gasteiger partial charge in [-0.2, -0.15) is 16.7 Å². The molecule has 3 atom stereocenters. The maximum absolute atomic E-state index is 6.09. The Hall–Kier alpha value is -0.200. The predicted molar refractivity (Wildman–Crippen MR) is 75.8 cm³/mol. The lowest BCUT2D eigenvalue weighted by molar-refractivity contribution is 0.359. The second kappa shape index (κ2) is 5.43. The number of hydrogen-bond acceptors (Lipinski definition) is 6. The fourth-order valence-electron chi connectivity index (χ4n) is 2.28. The molecule has 0 radical (unpaired) electrons. The first-order valence-corrected chi connectivity index (χ1v) is 8.65. The molecule has 3 unspecified atom stereocenters. The maximum Gasteiger partial charge on any atom is 0.228 e. The quantitative estimate of drug-likeness (QED) is 0.915. The second-order valence-electron chi connectivity index (χ2n) is 5.12. The Balaban J connectivity index is 1.64. The van der Waals surface area contributed by atoms with E-state index in [2.05, 4.69) is 17.1 Å². The van der Waals surface area contributed by atoms with E-state index in [-0.39, 0.29) is 6.04 Å². The monoisotopic (exact) mass is 285 g/mol. The Morgan fingerprint density at radius 2 is 2.17 bits per heavy atom. The smallest absolute Gasteiger partial charge is 0.228 e. The van der Waals surface area contributed by atoms with E-state index in [4.69, 9.17) is 10.3 Å². The highest BCUT2D eigenvalue weighted by molar-refractivity contribution is 8.06. The molecule has 100 valence electrons. The van der Waals surface area contributed by atoms with E-state index < -0.39 is 0 Å². The summed E-state index contributed by atoms with van der Waals surface area (Å²) in [6.07, 6.45) is 3.25. The molecule has 1 aromatic heterocycles. The average Bonchev–Trinajstić information content (AvgIpc) is 3.12. The molecule has 1 aromatic rings. The number of nitrogens with zero attached hydrogens (tertiary/aromatic N) is 2. The van der Waals surface area contributed by atoms with Crippen LogP contribution in [0.4, 0.5) is 0 Å². The van der Waals surface area contributed by atoms with Gasteiger partial charge in [-0.1, -0.05) is 12.1 Å². The van der Waals surface area contributed by atoms with Crippen LogP contribution in [0, 0.1) is 5.92 Å². The van der Waals surface area contributed by atoms with Crippen LogP contribution in [0.1, 0.15) is 36.7 Å². The van der Waals surface area contributed by atoms with E-state index in [1.807, 2.05) is 23.5 Å². The SMILES string of the molecule is CC1SCCSC1c1noc(CC(N)C2CC2)n1. The Morgan fingerprint density at radius 3 is 2.89 bits per heavy atom. The summed E-state index contributed by atoms with van der Waals surface area (Å²) in [7, 11) is 0. The summed E-state index contributed by atoms with van der Waals surface area (Å²) in [6.45, 7) is 2.24. The summed E-state index contributed by atoms with van der Waals surface area (Å²) in [6, 6.07) is 0.198. The lowest BCUT2D eigenvalue weighted by Gasteiger charge is -2.24. The molecule has 2 aliphatic rings. The van der Waals surface area contributed by atoms with Crippen molar-refractivity contribution in [2.45, 2.75) is 42.7 Å². The highest BCUT2D eigenvalue weighted by Gasteiger charge is 2.31. The third-order valence-corrected chi connectivity index (χ3v) is 6.65. The van der Waals surface area contributed by atoms with Gasteiger partial charge in [0.25, 0.3) is 0 Å². The summed E-state index contributed by atoms with van der Waals surface area (Å²) in [5.74, 6) is 4.65. The van der Waals surface area contributed by atoms with Crippen molar-refractivity contribution in [2.75, 3.05) is 11.5 Å². The topological polar surface area (TPSA) is 64.9 Å². The lowest BCUT2D eigenvalue weighted by atomic mass is 10.1. The molecule has 0 bridgehead atoms. The van der Waals surface area contributed by atoms with Crippen LogP contribution in [0.5, 0.6) is 0 Å². The van der Waals surface area contributed by atoms with Crippen molar-refractivity contribution in [3.8, 4) is 0 Å². The highest BCUT2D eigenvalue weighted by atomic mass is 32.2. The van der Waals surface area contributed by atoms with E-state index in [1.54, 1.807) is 0 Å². The van der Waals surface area contributed by atoms with Gasteiger partial charge in [0.05, 0.1) is 5.25 Å². The first-order valence-electron chi connectivity index (χ1n) is 6.55. The van der Waals surface area contributed by atoms with Crippen LogP contribution in [-0.2, 0) is 6.42 Å².